The van der Waals surface area contributed by atoms with Crippen LogP contribution in [0.15, 0.2) is 51.7 Å². The number of ether oxygens (including phenoxy) is 4. The molecule has 0 spiro atoms. The molecule has 0 aliphatic carbocycles. The van der Waals surface area contributed by atoms with Gasteiger partial charge in [-0.25, -0.2) is 9.59 Å². The van der Waals surface area contributed by atoms with Crippen LogP contribution in [0.25, 0.3) is 22.3 Å². The highest BCUT2D eigenvalue weighted by Crippen LogP contribution is 2.35. The van der Waals surface area contributed by atoms with E-state index in [0.717, 1.165) is 18.2 Å². The van der Waals surface area contributed by atoms with Crippen molar-refractivity contribution in [2.24, 2.45) is 0 Å². The third-order valence-electron chi connectivity index (χ3n) is 7.08. The summed E-state index contributed by atoms with van der Waals surface area (Å²) in [5.74, 6) is -4.45. The van der Waals surface area contributed by atoms with Gasteiger partial charge in [-0.05, 0) is 24.3 Å². The number of aromatic hydroxyl groups is 2. The van der Waals surface area contributed by atoms with Crippen molar-refractivity contribution in [3.63, 3.8) is 0 Å². The lowest BCUT2D eigenvalue weighted by atomic mass is 9.97. The standard InChI is InChI=1S/C27H26O17/c28-9-3-1-8(2-4-9)13-7-12(30)15-11(29)5-10(6-14(15)41-13)40-27-23(19(34)18(33)22(43-27)25(38)39)44-26-20(35)16(31)17(32)21(42-26)24(36)37/h1-7,16-23,26-29,31-35H,(H,36,37)(H,38,39)/t16?,17-,18-,19-,20-,21?,22?,23?,26-,27+/m0/s1. The van der Waals surface area contributed by atoms with Crippen molar-refractivity contribution in [2.75, 3.05) is 0 Å². The molecule has 2 aliphatic heterocycles. The molecule has 2 saturated heterocycles. The smallest absolute Gasteiger partial charge is 0.335 e. The van der Waals surface area contributed by atoms with E-state index in [1.807, 2.05) is 0 Å². The summed E-state index contributed by atoms with van der Waals surface area (Å²) in [6.45, 7) is 0. The number of aliphatic hydroxyl groups excluding tert-OH is 5. The first-order valence-electron chi connectivity index (χ1n) is 12.9. The van der Waals surface area contributed by atoms with E-state index in [2.05, 4.69) is 0 Å². The summed E-state index contributed by atoms with van der Waals surface area (Å²) in [6, 6.07) is 8.76. The molecule has 2 fully saturated rings. The summed E-state index contributed by atoms with van der Waals surface area (Å²) in [5, 5.41) is 90.3. The van der Waals surface area contributed by atoms with Crippen LogP contribution >= 0.6 is 0 Å². The maximum atomic E-state index is 12.8. The van der Waals surface area contributed by atoms with Crippen LogP contribution in [0.2, 0.25) is 0 Å². The molecule has 44 heavy (non-hydrogen) atoms. The van der Waals surface area contributed by atoms with Gasteiger partial charge in [0.1, 0.15) is 64.5 Å². The van der Waals surface area contributed by atoms with Crippen molar-refractivity contribution in [1.29, 1.82) is 0 Å². The highest BCUT2D eigenvalue weighted by atomic mass is 16.8. The van der Waals surface area contributed by atoms with Gasteiger partial charge in [-0.1, -0.05) is 0 Å². The topological polar surface area (TPSA) is 283 Å². The van der Waals surface area contributed by atoms with E-state index in [1.54, 1.807) is 0 Å². The van der Waals surface area contributed by atoms with E-state index in [-0.39, 0.29) is 28.2 Å². The molecule has 5 rings (SSSR count). The van der Waals surface area contributed by atoms with Crippen LogP contribution < -0.4 is 10.2 Å². The average molecular weight is 622 g/mol. The summed E-state index contributed by atoms with van der Waals surface area (Å²) in [6.07, 6.45) is -20.8. The maximum absolute atomic E-state index is 12.8. The van der Waals surface area contributed by atoms with Crippen molar-refractivity contribution >= 4 is 22.9 Å². The van der Waals surface area contributed by atoms with Gasteiger partial charge in [0.2, 0.25) is 6.29 Å². The van der Waals surface area contributed by atoms with Crippen LogP contribution in [0, 0.1) is 0 Å². The van der Waals surface area contributed by atoms with E-state index in [0.29, 0.717) is 5.56 Å². The molecule has 17 nitrogen and oxygen atoms in total. The molecule has 3 aromatic rings. The number of aliphatic hydroxyl groups is 5. The molecule has 9 N–H and O–H groups in total. The number of hydrogen-bond donors (Lipinski definition) is 9. The lowest BCUT2D eigenvalue weighted by Gasteiger charge is -2.44. The fourth-order valence-corrected chi connectivity index (χ4v) is 4.81. The Bertz CT molecular complexity index is 1600. The number of phenolic OH excluding ortho intramolecular Hbond substituents is 2. The molecule has 236 valence electrons. The van der Waals surface area contributed by atoms with Gasteiger partial charge in [0.25, 0.3) is 0 Å². The zero-order valence-corrected chi connectivity index (χ0v) is 22.1. The molecule has 0 saturated carbocycles. The minimum absolute atomic E-state index is 0.0378. The summed E-state index contributed by atoms with van der Waals surface area (Å²) >= 11 is 0. The molecule has 2 aromatic carbocycles. The summed E-state index contributed by atoms with van der Waals surface area (Å²) in [4.78, 5) is 36.0. The van der Waals surface area contributed by atoms with Gasteiger partial charge in [0.05, 0.1) is 0 Å². The van der Waals surface area contributed by atoms with Gasteiger partial charge in [0, 0.05) is 23.8 Å². The molecular weight excluding hydrogens is 596 g/mol. The largest absolute Gasteiger partial charge is 0.508 e. The number of benzene rings is 2. The molecule has 0 bridgehead atoms. The average Bonchev–Trinajstić information content (AvgIpc) is 2.96. The molecule has 3 heterocycles. The Balaban J connectivity index is 1.50. The van der Waals surface area contributed by atoms with Gasteiger partial charge in [-0.15, -0.1) is 0 Å². The van der Waals surface area contributed by atoms with E-state index in [4.69, 9.17) is 23.4 Å². The Hall–Kier alpha value is -4.33. The van der Waals surface area contributed by atoms with E-state index >= 15 is 0 Å². The number of rotatable bonds is 7. The zero-order chi connectivity index (χ0) is 32.0. The molecule has 2 aliphatic rings. The maximum Gasteiger partial charge on any atom is 0.335 e. The number of aliphatic carboxylic acids is 2. The molecule has 0 radical (unpaired) electrons. The fraction of sp³-hybridized carbons (Fsp3) is 0.370. The van der Waals surface area contributed by atoms with Crippen LogP contribution in [-0.2, 0) is 23.8 Å². The lowest BCUT2D eigenvalue weighted by Crippen LogP contribution is -2.66. The van der Waals surface area contributed by atoms with Gasteiger partial charge in [0.15, 0.2) is 30.0 Å². The Morgan fingerprint density at radius 2 is 1.32 bits per heavy atom. The normalized spacial score (nSPS) is 32.3. The predicted molar refractivity (Wildman–Crippen MR) is 139 cm³/mol. The molecule has 17 heteroatoms. The Morgan fingerprint density at radius 1 is 0.727 bits per heavy atom. The molecule has 1 aromatic heterocycles. The number of carbonyl (C=O) groups is 2. The Morgan fingerprint density at radius 3 is 1.93 bits per heavy atom. The highest BCUT2D eigenvalue weighted by molar-refractivity contribution is 5.86. The second kappa shape index (κ2) is 12.0. The highest BCUT2D eigenvalue weighted by Gasteiger charge is 2.54. The first-order chi connectivity index (χ1) is 20.8. The van der Waals surface area contributed by atoms with Crippen molar-refractivity contribution in [3.8, 4) is 28.6 Å². The van der Waals surface area contributed by atoms with Crippen LogP contribution in [0.4, 0.5) is 0 Å². The molecular formula is C27H26O17. The summed E-state index contributed by atoms with van der Waals surface area (Å²) in [5.41, 5.74) is -0.488. The van der Waals surface area contributed by atoms with Crippen LogP contribution in [-0.4, -0.2) is 119 Å². The van der Waals surface area contributed by atoms with Crippen molar-refractivity contribution in [2.45, 2.75) is 61.4 Å². The Kier molecular flexibility index (Phi) is 8.47. The van der Waals surface area contributed by atoms with Crippen molar-refractivity contribution in [1.82, 2.24) is 0 Å². The van der Waals surface area contributed by atoms with Crippen LogP contribution in [0.5, 0.6) is 17.2 Å². The molecule has 0 amide bonds. The zero-order valence-electron chi connectivity index (χ0n) is 22.1. The van der Waals surface area contributed by atoms with Gasteiger partial charge >= 0.3 is 11.9 Å². The second-order valence-corrected chi connectivity index (χ2v) is 10.0. The number of phenols is 2. The summed E-state index contributed by atoms with van der Waals surface area (Å²) < 4.78 is 27.2. The Labute approximate surface area is 244 Å². The fourth-order valence-electron chi connectivity index (χ4n) is 4.81. The monoisotopic (exact) mass is 622 g/mol. The molecule has 4 unspecified atom stereocenters. The number of carboxylic acids is 2. The minimum atomic E-state index is -2.15. The van der Waals surface area contributed by atoms with Gasteiger partial charge < -0.3 is 69.3 Å². The van der Waals surface area contributed by atoms with E-state index in [1.165, 1.54) is 24.3 Å². The number of carboxylic acid groups (broad SMARTS) is 2. The minimum Gasteiger partial charge on any atom is -0.508 e. The van der Waals surface area contributed by atoms with E-state index < -0.39 is 84.5 Å². The lowest BCUT2D eigenvalue weighted by molar-refractivity contribution is -0.350. The predicted octanol–water partition coefficient (Wildman–Crippen LogP) is -1.94. The number of hydrogen-bond acceptors (Lipinski definition) is 15. The SMILES string of the molecule is O=C(O)C1O[C@@H](OC2[C@H](Oc3cc(O)c4c(=O)cc(-c5ccc(O)cc5)oc4c3)OC(C(=O)O)[C@@H](O)[C@@H]2O)[C@@H](O)C(O)[C@@H]1O. The quantitative estimate of drug-likeness (QED) is 0.138. The molecule has 10 atom stereocenters. The van der Waals surface area contributed by atoms with Crippen molar-refractivity contribution in [3.05, 3.63) is 52.7 Å². The van der Waals surface area contributed by atoms with E-state index in [9.17, 15) is 60.3 Å². The summed E-state index contributed by atoms with van der Waals surface area (Å²) in [7, 11) is 0. The van der Waals surface area contributed by atoms with Gasteiger partial charge in [-0.2, -0.15) is 0 Å². The first kappa shape index (κ1) is 31.1. The second-order valence-electron chi connectivity index (χ2n) is 10.0. The van der Waals surface area contributed by atoms with Crippen LogP contribution in [0.1, 0.15) is 0 Å². The third kappa shape index (κ3) is 5.77. The number of fused-ring (bicyclic) bond motifs is 1. The van der Waals surface area contributed by atoms with Crippen LogP contribution in [0.3, 0.4) is 0 Å². The first-order valence-corrected chi connectivity index (χ1v) is 12.9. The van der Waals surface area contributed by atoms with Crippen molar-refractivity contribution < 1.29 is 78.9 Å². The van der Waals surface area contributed by atoms with Gasteiger partial charge in [-0.3, -0.25) is 4.79 Å². The third-order valence-corrected chi connectivity index (χ3v) is 7.08.